The largest absolute Gasteiger partial charge is 0.466 e. The van der Waals surface area contributed by atoms with E-state index in [1.807, 2.05) is 13.8 Å². The summed E-state index contributed by atoms with van der Waals surface area (Å²) >= 11 is 0. The predicted molar refractivity (Wildman–Crippen MR) is 213 cm³/mol. The van der Waals surface area contributed by atoms with Gasteiger partial charge in [0, 0.05) is 123 Å². The van der Waals surface area contributed by atoms with Crippen molar-refractivity contribution < 1.29 is 128 Å². The molecule has 0 aliphatic heterocycles. The Kier molecular flexibility index (Phi) is 55.0. The van der Waals surface area contributed by atoms with Crippen molar-refractivity contribution in [1.82, 2.24) is 0 Å². The molecule has 0 aliphatic carbocycles. The first-order chi connectivity index (χ1) is 27.1. The standard InChI is InChI=1S/C25H43O7.C18H32O6.2Y/c1-3-5-6-10-16-24(28)31-20-21-32-25(29)18-13-12-15-22(26)14-9-7-8-11-17-23(27)30-19-4-2;1-2-14-23-17(21)11-6-4-3-5-9-16(20)10-7-8-12-18(22)24-15-13-19;;/h1,3-21H2,2H3;19H,2-15H2,1H3;;/q-1;;;. The maximum absolute atomic E-state index is 11.9. The summed E-state index contributed by atoms with van der Waals surface area (Å²) in [7, 11) is 0. The molecule has 332 valence electrons. The van der Waals surface area contributed by atoms with E-state index in [1.54, 1.807) is 0 Å². The molecular formula is C43H75O13Y2-. The Hall–Kier alpha value is -1.14. The van der Waals surface area contributed by atoms with Crippen molar-refractivity contribution in [3.05, 3.63) is 6.92 Å². The Morgan fingerprint density at radius 2 is 0.603 bits per heavy atom. The van der Waals surface area contributed by atoms with Gasteiger partial charge in [0.2, 0.25) is 0 Å². The van der Waals surface area contributed by atoms with Crippen LogP contribution in [0.3, 0.4) is 0 Å². The molecule has 0 unspecified atom stereocenters. The molecular weight excluding hydrogens is 902 g/mol. The first-order valence-electron chi connectivity index (χ1n) is 21.3. The molecule has 0 fully saturated rings. The maximum Gasteiger partial charge on any atom is 0.305 e. The van der Waals surface area contributed by atoms with Gasteiger partial charge in [0.25, 0.3) is 0 Å². The molecule has 2 radical (unpaired) electrons. The summed E-state index contributed by atoms with van der Waals surface area (Å²) in [5.74, 6) is -0.763. The third-order valence-electron chi connectivity index (χ3n) is 8.38. The summed E-state index contributed by atoms with van der Waals surface area (Å²) in [4.78, 5) is 80.5. The Morgan fingerprint density at radius 1 is 0.362 bits per heavy atom. The first-order valence-corrected chi connectivity index (χ1v) is 21.3. The van der Waals surface area contributed by atoms with Crippen molar-refractivity contribution in [2.75, 3.05) is 39.6 Å². The Morgan fingerprint density at radius 3 is 0.897 bits per heavy atom. The SMILES string of the molecule is CCCOC(=O)CCCCCCC(=O)CCCCC(=O)OCCO.[CH2-]CCCCCC(=O)OCCOC(=O)CCCCC(=O)CCCCCCC(=O)OCCC.[Y].[Y]. The molecule has 0 bridgehead atoms. The normalized spacial score (nSPS) is 10.1. The molecule has 0 atom stereocenters. The van der Waals surface area contributed by atoms with Gasteiger partial charge in [0.05, 0.1) is 19.8 Å². The summed E-state index contributed by atoms with van der Waals surface area (Å²) in [6.45, 7) is 8.68. The fraction of sp³-hybridized carbons (Fsp3) is 0.814. The molecule has 58 heavy (non-hydrogen) atoms. The van der Waals surface area contributed by atoms with Crippen LogP contribution >= 0.6 is 0 Å². The number of aliphatic hydroxyl groups is 1. The van der Waals surface area contributed by atoms with E-state index in [2.05, 4.69) is 6.92 Å². The van der Waals surface area contributed by atoms with Crippen molar-refractivity contribution in [2.45, 2.75) is 187 Å². The van der Waals surface area contributed by atoms with Crippen LogP contribution in [0.25, 0.3) is 0 Å². The van der Waals surface area contributed by atoms with Gasteiger partial charge in [-0.05, 0) is 70.6 Å². The molecule has 0 aromatic heterocycles. The molecule has 0 rings (SSSR count). The van der Waals surface area contributed by atoms with Crippen LogP contribution < -0.4 is 0 Å². The number of ether oxygens (including phenoxy) is 5. The van der Waals surface area contributed by atoms with E-state index < -0.39 is 0 Å². The molecule has 0 amide bonds. The number of esters is 5. The van der Waals surface area contributed by atoms with Crippen LogP contribution in [0.5, 0.6) is 0 Å². The van der Waals surface area contributed by atoms with Crippen molar-refractivity contribution in [2.24, 2.45) is 0 Å². The second kappa shape index (κ2) is 50.2. The Balaban J connectivity index is -0.000000505. The fourth-order valence-electron chi connectivity index (χ4n) is 5.21. The number of unbranched alkanes of at least 4 members (excludes halogenated alkanes) is 11. The number of ketones is 2. The molecule has 0 heterocycles. The van der Waals surface area contributed by atoms with Crippen molar-refractivity contribution >= 4 is 41.4 Å². The molecule has 0 saturated heterocycles. The number of hydrogen-bond acceptors (Lipinski definition) is 13. The van der Waals surface area contributed by atoms with Crippen molar-refractivity contribution in [1.29, 1.82) is 0 Å². The van der Waals surface area contributed by atoms with E-state index in [-0.39, 0.29) is 140 Å². The molecule has 13 nitrogen and oxygen atoms in total. The molecule has 15 heteroatoms. The molecule has 0 saturated carbocycles. The second-order valence-corrected chi connectivity index (χ2v) is 13.8. The van der Waals surface area contributed by atoms with Gasteiger partial charge in [0.1, 0.15) is 31.4 Å². The van der Waals surface area contributed by atoms with E-state index >= 15 is 0 Å². The summed E-state index contributed by atoms with van der Waals surface area (Å²) in [6, 6.07) is 0. The minimum atomic E-state index is -0.332. The third-order valence-corrected chi connectivity index (χ3v) is 8.38. The number of aliphatic hydroxyl groups excluding tert-OH is 1. The van der Waals surface area contributed by atoms with Crippen LogP contribution in [-0.2, 0) is 123 Å². The van der Waals surface area contributed by atoms with Crippen LogP contribution in [0.15, 0.2) is 0 Å². The Labute approximate surface area is 399 Å². The summed E-state index contributed by atoms with van der Waals surface area (Å²) in [6.07, 6.45) is 18.9. The summed E-state index contributed by atoms with van der Waals surface area (Å²) in [5, 5.41) is 8.51. The number of hydrogen-bond donors (Lipinski definition) is 1. The maximum atomic E-state index is 11.9. The molecule has 0 aliphatic rings. The van der Waals surface area contributed by atoms with Gasteiger partial charge in [-0.15, -0.1) is 0 Å². The zero-order chi connectivity index (χ0) is 41.9. The van der Waals surface area contributed by atoms with Crippen LogP contribution in [0.4, 0.5) is 0 Å². The van der Waals surface area contributed by atoms with Gasteiger partial charge in [-0.1, -0.05) is 52.4 Å². The van der Waals surface area contributed by atoms with Crippen molar-refractivity contribution in [3.63, 3.8) is 0 Å². The van der Waals surface area contributed by atoms with Crippen LogP contribution in [0.2, 0.25) is 0 Å². The number of carbonyl (C=O) groups excluding carboxylic acids is 7. The van der Waals surface area contributed by atoms with Crippen LogP contribution in [-0.4, -0.2) is 86.2 Å². The first kappa shape index (κ1) is 63.5. The van der Waals surface area contributed by atoms with Gasteiger partial charge in [-0.25, -0.2) is 0 Å². The van der Waals surface area contributed by atoms with E-state index in [0.29, 0.717) is 90.3 Å². The smallest absolute Gasteiger partial charge is 0.305 e. The van der Waals surface area contributed by atoms with Crippen molar-refractivity contribution in [3.8, 4) is 0 Å². The van der Waals surface area contributed by atoms with E-state index in [1.165, 1.54) is 0 Å². The van der Waals surface area contributed by atoms with E-state index in [9.17, 15) is 33.6 Å². The monoisotopic (exact) mass is 977 g/mol. The summed E-state index contributed by atoms with van der Waals surface area (Å²) in [5.41, 5.74) is 0. The molecule has 1 N–H and O–H groups in total. The zero-order valence-electron chi connectivity index (χ0n) is 36.0. The fourth-order valence-corrected chi connectivity index (χ4v) is 5.21. The van der Waals surface area contributed by atoms with Gasteiger partial charge >= 0.3 is 29.8 Å². The number of Topliss-reactive ketones (excluding diaryl/α,β-unsaturated/α-hetero) is 2. The van der Waals surface area contributed by atoms with Gasteiger partial charge in [-0.3, -0.25) is 33.6 Å². The number of rotatable bonds is 38. The van der Waals surface area contributed by atoms with Crippen LogP contribution in [0.1, 0.15) is 187 Å². The average molecular weight is 978 g/mol. The molecule has 0 aromatic carbocycles. The van der Waals surface area contributed by atoms with Crippen LogP contribution in [0, 0.1) is 6.92 Å². The number of carbonyl (C=O) groups is 7. The average Bonchev–Trinajstić information content (AvgIpc) is 3.18. The molecule has 0 aromatic rings. The minimum absolute atomic E-state index is 0. The van der Waals surface area contributed by atoms with E-state index in [4.69, 9.17) is 28.8 Å². The minimum Gasteiger partial charge on any atom is -0.466 e. The zero-order valence-corrected chi connectivity index (χ0v) is 41.7. The quantitative estimate of drug-likeness (QED) is 0.0270. The van der Waals surface area contributed by atoms with E-state index in [0.717, 1.165) is 89.9 Å². The predicted octanol–water partition coefficient (Wildman–Crippen LogP) is 8.22. The van der Waals surface area contributed by atoms with Gasteiger partial charge in [-0.2, -0.15) is 6.42 Å². The second-order valence-electron chi connectivity index (χ2n) is 13.8. The summed E-state index contributed by atoms with van der Waals surface area (Å²) < 4.78 is 24.8. The van der Waals surface area contributed by atoms with Gasteiger partial charge < -0.3 is 35.7 Å². The Bertz CT molecular complexity index is 1040. The van der Waals surface area contributed by atoms with Gasteiger partial charge in [0.15, 0.2) is 0 Å². The third kappa shape index (κ3) is 51.0. The molecule has 0 spiro atoms. The topological polar surface area (TPSA) is 186 Å².